The van der Waals surface area contributed by atoms with Gasteiger partial charge >= 0.3 is 6.18 Å². The van der Waals surface area contributed by atoms with E-state index < -0.39 is 39.4 Å². The van der Waals surface area contributed by atoms with E-state index >= 15 is 0 Å². The molecule has 0 radical (unpaired) electrons. The normalized spacial score (nSPS) is 17.6. The van der Waals surface area contributed by atoms with E-state index in [-0.39, 0.29) is 22.1 Å². The zero-order chi connectivity index (χ0) is 23.5. The SMILES string of the molecule is N#C/C=C1\C=CC(Nc2nc(Nc3cccc(S(N)(=O)=O)c3)ncc2F)C=C1C(F)(F)F. The van der Waals surface area contributed by atoms with Gasteiger partial charge in [-0.2, -0.15) is 23.4 Å². The maximum Gasteiger partial charge on any atom is 0.416 e. The lowest BCUT2D eigenvalue weighted by Crippen LogP contribution is -2.24. The summed E-state index contributed by atoms with van der Waals surface area (Å²) in [6, 6.07) is 5.85. The fourth-order valence-corrected chi connectivity index (χ4v) is 3.30. The number of aromatic nitrogens is 2. The number of primary sulfonamides is 1. The summed E-state index contributed by atoms with van der Waals surface area (Å²) >= 11 is 0. The summed E-state index contributed by atoms with van der Waals surface area (Å²) in [5.74, 6) is -1.47. The largest absolute Gasteiger partial charge is 0.416 e. The number of hydrogen-bond acceptors (Lipinski definition) is 7. The predicted molar refractivity (Wildman–Crippen MR) is 107 cm³/mol. The fourth-order valence-electron chi connectivity index (χ4n) is 2.74. The molecule has 1 heterocycles. The van der Waals surface area contributed by atoms with E-state index in [4.69, 9.17) is 10.4 Å². The molecule has 0 fully saturated rings. The molecule has 0 amide bonds. The standard InChI is InChI=1S/C19H14F4N6O2S/c20-16-10-26-18(28-12-2-1-3-14(8-12)32(25,30)31)29-17(16)27-13-5-4-11(6-7-24)15(9-13)19(21,22)23/h1-6,8-10,13H,(H2,25,30,31)(H2,26,27,28,29)/b11-6+. The van der Waals surface area contributed by atoms with Crippen LogP contribution < -0.4 is 15.8 Å². The van der Waals surface area contributed by atoms with E-state index in [9.17, 15) is 26.0 Å². The quantitative estimate of drug-likeness (QED) is 0.455. The van der Waals surface area contributed by atoms with Gasteiger partial charge in [0.1, 0.15) is 0 Å². The second-order valence-corrected chi connectivity index (χ2v) is 7.99. The van der Waals surface area contributed by atoms with Crippen molar-refractivity contribution in [3.63, 3.8) is 0 Å². The average Bonchev–Trinajstić information content (AvgIpc) is 2.70. The molecule has 1 atom stereocenters. The summed E-state index contributed by atoms with van der Waals surface area (Å²) in [6.45, 7) is 0. The van der Waals surface area contributed by atoms with Crippen molar-refractivity contribution < 1.29 is 26.0 Å². The molecule has 1 aliphatic carbocycles. The van der Waals surface area contributed by atoms with Crippen molar-refractivity contribution >= 4 is 27.5 Å². The molecule has 0 spiro atoms. The number of nitrogens with one attached hydrogen (secondary N) is 2. The summed E-state index contributed by atoms with van der Waals surface area (Å²) in [7, 11) is -3.96. The molecule has 0 aliphatic heterocycles. The van der Waals surface area contributed by atoms with E-state index in [1.165, 1.54) is 30.3 Å². The number of sulfonamides is 1. The van der Waals surface area contributed by atoms with Gasteiger partial charge < -0.3 is 10.6 Å². The number of nitriles is 1. The first-order chi connectivity index (χ1) is 15.0. The van der Waals surface area contributed by atoms with Crippen LogP contribution in [0.3, 0.4) is 0 Å². The minimum absolute atomic E-state index is 0.148. The Morgan fingerprint density at radius 2 is 2.03 bits per heavy atom. The number of nitrogens with two attached hydrogens (primary N) is 1. The van der Waals surface area contributed by atoms with E-state index in [2.05, 4.69) is 20.6 Å². The molecule has 2 aromatic rings. The number of alkyl halides is 3. The van der Waals surface area contributed by atoms with Crippen LogP contribution in [0.15, 0.2) is 70.8 Å². The van der Waals surface area contributed by atoms with Gasteiger partial charge in [-0.3, -0.25) is 0 Å². The maximum absolute atomic E-state index is 14.2. The summed E-state index contributed by atoms with van der Waals surface area (Å²) < 4.78 is 77.0. The Morgan fingerprint density at radius 1 is 1.28 bits per heavy atom. The number of nitrogens with zero attached hydrogens (tertiary/aromatic N) is 3. The van der Waals surface area contributed by atoms with Gasteiger partial charge in [-0.1, -0.05) is 18.2 Å². The first-order valence-electron chi connectivity index (χ1n) is 8.74. The Labute approximate surface area is 179 Å². The first kappa shape index (κ1) is 22.9. The van der Waals surface area contributed by atoms with Crippen LogP contribution in [-0.2, 0) is 10.0 Å². The van der Waals surface area contributed by atoms with Gasteiger partial charge in [0.25, 0.3) is 0 Å². The molecule has 0 saturated heterocycles. The van der Waals surface area contributed by atoms with Crippen molar-refractivity contribution in [1.82, 2.24) is 9.97 Å². The second kappa shape index (κ2) is 8.77. The summed E-state index contributed by atoms with van der Waals surface area (Å²) in [5, 5.41) is 18.9. The van der Waals surface area contributed by atoms with Crippen LogP contribution in [0.1, 0.15) is 0 Å². The molecule has 1 aromatic heterocycles. The Hall–Kier alpha value is -3.76. The molecule has 1 aromatic carbocycles. The Kier molecular flexibility index (Phi) is 6.28. The third-order valence-corrected chi connectivity index (χ3v) is 5.04. The highest BCUT2D eigenvalue weighted by molar-refractivity contribution is 7.89. The Bertz CT molecular complexity index is 1280. The molecule has 32 heavy (non-hydrogen) atoms. The van der Waals surface area contributed by atoms with Crippen LogP contribution in [0.25, 0.3) is 0 Å². The fraction of sp³-hybridized carbons (Fsp3) is 0.105. The lowest BCUT2D eigenvalue weighted by atomic mass is 9.96. The van der Waals surface area contributed by atoms with Gasteiger partial charge in [0.15, 0.2) is 11.6 Å². The van der Waals surface area contributed by atoms with Crippen molar-refractivity contribution in [3.05, 3.63) is 71.7 Å². The van der Waals surface area contributed by atoms with Gasteiger partial charge in [0.05, 0.1) is 28.8 Å². The second-order valence-electron chi connectivity index (χ2n) is 6.42. The lowest BCUT2D eigenvalue weighted by Gasteiger charge is -2.21. The zero-order valence-electron chi connectivity index (χ0n) is 15.9. The Balaban J connectivity index is 1.86. The highest BCUT2D eigenvalue weighted by Gasteiger charge is 2.37. The molecule has 13 heteroatoms. The van der Waals surface area contributed by atoms with Gasteiger partial charge in [-0.25, -0.2) is 22.9 Å². The van der Waals surface area contributed by atoms with Crippen molar-refractivity contribution in [3.8, 4) is 6.07 Å². The molecule has 8 nitrogen and oxygen atoms in total. The summed E-state index contributed by atoms with van der Waals surface area (Å²) in [5.41, 5.74) is -1.14. The van der Waals surface area contributed by atoms with Gasteiger partial charge in [-0.05, 0) is 29.8 Å². The number of anilines is 3. The lowest BCUT2D eigenvalue weighted by molar-refractivity contribution is -0.0893. The monoisotopic (exact) mass is 466 g/mol. The number of hydrogen-bond donors (Lipinski definition) is 3. The van der Waals surface area contributed by atoms with Crippen LogP contribution in [-0.4, -0.2) is 30.6 Å². The number of allylic oxidation sites excluding steroid dienone is 4. The summed E-state index contributed by atoms with van der Waals surface area (Å²) in [6.07, 6.45) is 0.0353. The summed E-state index contributed by atoms with van der Waals surface area (Å²) in [4.78, 5) is 7.45. The minimum atomic E-state index is -4.72. The molecule has 4 N–H and O–H groups in total. The van der Waals surface area contributed by atoms with E-state index in [1.807, 2.05) is 0 Å². The molecule has 166 valence electrons. The van der Waals surface area contributed by atoms with Crippen molar-refractivity contribution in [1.29, 1.82) is 5.26 Å². The third kappa shape index (κ3) is 5.48. The number of benzene rings is 1. The maximum atomic E-state index is 14.2. The highest BCUT2D eigenvalue weighted by atomic mass is 32.2. The first-order valence-corrected chi connectivity index (χ1v) is 10.3. The van der Waals surface area contributed by atoms with Crippen LogP contribution in [0, 0.1) is 17.1 Å². The zero-order valence-corrected chi connectivity index (χ0v) is 16.7. The predicted octanol–water partition coefficient (Wildman–Crippen LogP) is 3.30. The van der Waals surface area contributed by atoms with Crippen molar-refractivity contribution in [2.24, 2.45) is 5.14 Å². The third-order valence-electron chi connectivity index (χ3n) is 4.13. The Morgan fingerprint density at radius 3 is 2.69 bits per heavy atom. The number of rotatable bonds is 5. The van der Waals surface area contributed by atoms with Crippen molar-refractivity contribution in [2.45, 2.75) is 17.1 Å². The van der Waals surface area contributed by atoms with E-state index in [1.54, 1.807) is 6.07 Å². The van der Waals surface area contributed by atoms with Crippen LogP contribution in [0.5, 0.6) is 0 Å². The number of halogens is 4. The molecule has 1 unspecified atom stereocenters. The molecule has 0 bridgehead atoms. The van der Waals surface area contributed by atoms with Gasteiger partial charge in [0, 0.05) is 11.8 Å². The van der Waals surface area contributed by atoms with Crippen molar-refractivity contribution in [2.75, 3.05) is 10.6 Å². The topological polar surface area (TPSA) is 134 Å². The van der Waals surface area contributed by atoms with Crippen LogP contribution in [0.2, 0.25) is 0 Å². The highest BCUT2D eigenvalue weighted by Crippen LogP contribution is 2.35. The smallest absolute Gasteiger partial charge is 0.358 e. The van der Waals surface area contributed by atoms with Gasteiger partial charge in [0.2, 0.25) is 16.0 Å². The molecule has 3 rings (SSSR count). The molecule has 0 saturated carbocycles. The molecular weight excluding hydrogens is 452 g/mol. The van der Waals surface area contributed by atoms with E-state index in [0.29, 0.717) is 0 Å². The molecular formula is C19H14F4N6O2S. The van der Waals surface area contributed by atoms with Gasteiger partial charge in [-0.15, -0.1) is 0 Å². The minimum Gasteiger partial charge on any atom is -0.358 e. The van der Waals surface area contributed by atoms with E-state index in [0.717, 1.165) is 24.4 Å². The molecule has 1 aliphatic rings. The van der Waals surface area contributed by atoms with Crippen LogP contribution >= 0.6 is 0 Å². The van der Waals surface area contributed by atoms with Crippen LogP contribution in [0.4, 0.5) is 35.0 Å². The average molecular weight is 466 g/mol.